The Morgan fingerprint density at radius 2 is 1.85 bits per heavy atom. The zero-order chi connectivity index (χ0) is 17.9. The maximum absolute atomic E-state index is 12.8. The highest BCUT2D eigenvalue weighted by Crippen LogP contribution is 2.20. The highest BCUT2D eigenvalue weighted by atomic mass is 16.1. The molecule has 0 atom stereocenters. The summed E-state index contributed by atoms with van der Waals surface area (Å²) in [6.07, 6.45) is 7.40. The average Bonchev–Trinajstić information content (AvgIpc) is 3.28. The van der Waals surface area contributed by atoms with Crippen molar-refractivity contribution in [1.82, 2.24) is 34.0 Å². The Morgan fingerprint density at radius 3 is 2.58 bits per heavy atom. The lowest BCUT2D eigenvalue weighted by Crippen LogP contribution is -2.38. The number of pyridine rings is 1. The van der Waals surface area contributed by atoms with Gasteiger partial charge in [0.2, 0.25) is 0 Å². The van der Waals surface area contributed by atoms with Crippen LogP contribution < -0.4 is 5.69 Å². The molecule has 1 fully saturated rings. The molecule has 8 heteroatoms. The first-order valence-corrected chi connectivity index (χ1v) is 9.36. The third kappa shape index (κ3) is 3.29. The van der Waals surface area contributed by atoms with Crippen molar-refractivity contribution in [1.29, 1.82) is 0 Å². The summed E-state index contributed by atoms with van der Waals surface area (Å²) in [5.74, 6) is 0.518. The quantitative estimate of drug-likeness (QED) is 0.665. The van der Waals surface area contributed by atoms with Gasteiger partial charge < -0.3 is 4.90 Å². The number of piperidine rings is 1. The van der Waals surface area contributed by atoms with Crippen molar-refractivity contribution in [3.05, 3.63) is 41.2 Å². The number of hydrogen-bond acceptors (Lipinski definition) is 5. The Morgan fingerprint density at radius 1 is 1.08 bits per heavy atom. The topological polar surface area (TPSA) is 73.8 Å². The molecule has 1 saturated heterocycles. The van der Waals surface area contributed by atoms with Crippen LogP contribution in [0, 0.1) is 5.92 Å². The first-order chi connectivity index (χ1) is 12.8. The second-order valence-corrected chi connectivity index (χ2v) is 6.89. The summed E-state index contributed by atoms with van der Waals surface area (Å²) in [4.78, 5) is 21.4. The lowest BCUT2D eigenvalue weighted by atomic mass is 9.97. The van der Waals surface area contributed by atoms with Gasteiger partial charge in [0.05, 0.1) is 24.5 Å². The molecule has 0 bridgehead atoms. The van der Waals surface area contributed by atoms with Crippen molar-refractivity contribution in [3.8, 4) is 0 Å². The SMILES string of the molecule is CCn1c(=O)n(CC2CCN(CCn3nccn3)CC2)c2ncccc21. The van der Waals surface area contributed by atoms with E-state index in [1.807, 2.05) is 28.2 Å². The van der Waals surface area contributed by atoms with Gasteiger partial charge in [0.1, 0.15) is 0 Å². The minimum atomic E-state index is 0.0633. The van der Waals surface area contributed by atoms with Crippen LogP contribution in [0.4, 0.5) is 0 Å². The number of aromatic nitrogens is 6. The van der Waals surface area contributed by atoms with Gasteiger partial charge in [-0.05, 0) is 50.9 Å². The van der Waals surface area contributed by atoms with Crippen molar-refractivity contribution in [3.63, 3.8) is 0 Å². The summed E-state index contributed by atoms with van der Waals surface area (Å²) in [5, 5.41) is 8.30. The summed E-state index contributed by atoms with van der Waals surface area (Å²) in [6.45, 7) is 7.34. The highest BCUT2D eigenvalue weighted by molar-refractivity contribution is 5.71. The predicted molar refractivity (Wildman–Crippen MR) is 98.9 cm³/mol. The smallest absolute Gasteiger partial charge is 0.301 e. The summed E-state index contributed by atoms with van der Waals surface area (Å²) in [5.41, 5.74) is 1.81. The Labute approximate surface area is 152 Å². The van der Waals surface area contributed by atoms with Gasteiger partial charge in [-0.25, -0.2) is 9.78 Å². The fraction of sp³-hybridized carbons (Fsp3) is 0.556. The number of hydrogen-bond donors (Lipinski definition) is 0. The maximum atomic E-state index is 12.8. The molecule has 1 aliphatic rings. The molecule has 4 rings (SSSR count). The van der Waals surface area contributed by atoms with Crippen LogP contribution in [0.2, 0.25) is 0 Å². The lowest BCUT2D eigenvalue weighted by Gasteiger charge is -2.31. The molecule has 138 valence electrons. The first-order valence-electron chi connectivity index (χ1n) is 9.36. The van der Waals surface area contributed by atoms with Crippen LogP contribution in [-0.2, 0) is 19.6 Å². The van der Waals surface area contributed by atoms with Crippen LogP contribution in [-0.4, -0.2) is 53.6 Å². The molecule has 0 amide bonds. The van der Waals surface area contributed by atoms with Gasteiger partial charge in [0, 0.05) is 25.8 Å². The van der Waals surface area contributed by atoms with E-state index in [1.54, 1.807) is 23.4 Å². The van der Waals surface area contributed by atoms with Gasteiger partial charge in [0.25, 0.3) is 0 Å². The predicted octanol–water partition coefficient (Wildman–Crippen LogP) is 1.22. The molecule has 1 aliphatic heterocycles. The van der Waals surface area contributed by atoms with Gasteiger partial charge >= 0.3 is 5.69 Å². The van der Waals surface area contributed by atoms with Crippen molar-refractivity contribution in [2.45, 2.75) is 39.4 Å². The number of likely N-dealkylation sites (tertiary alicyclic amines) is 1. The summed E-state index contributed by atoms with van der Waals surface area (Å²) >= 11 is 0. The minimum absolute atomic E-state index is 0.0633. The van der Waals surface area contributed by atoms with Crippen LogP contribution in [0.25, 0.3) is 11.2 Å². The molecule has 4 heterocycles. The Bertz CT molecular complexity index is 903. The van der Waals surface area contributed by atoms with Crippen LogP contribution in [0.15, 0.2) is 35.5 Å². The standard InChI is InChI=1S/C18H25N7O/c1-2-23-16-4-3-7-19-17(16)24(18(23)26)14-15-5-10-22(11-6-15)12-13-25-20-8-9-21-25/h3-4,7-9,15H,2,5-6,10-14H2,1H3. The third-order valence-corrected chi connectivity index (χ3v) is 5.32. The summed E-state index contributed by atoms with van der Waals surface area (Å²) in [7, 11) is 0. The van der Waals surface area contributed by atoms with E-state index in [0.717, 1.165) is 56.7 Å². The van der Waals surface area contributed by atoms with E-state index in [2.05, 4.69) is 20.1 Å². The lowest BCUT2D eigenvalue weighted by molar-refractivity contribution is 0.165. The molecule has 0 aromatic carbocycles. The zero-order valence-corrected chi connectivity index (χ0v) is 15.2. The normalized spacial score (nSPS) is 16.5. The monoisotopic (exact) mass is 355 g/mol. The van der Waals surface area contributed by atoms with Crippen molar-refractivity contribution in [2.24, 2.45) is 5.92 Å². The number of imidazole rings is 1. The third-order valence-electron chi connectivity index (χ3n) is 5.32. The second-order valence-electron chi connectivity index (χ2n) is 6.89. The van der Waals surface area contributed by atoms with Gasteiger partial charge in [0.15, 0.2) is 5.65 Å². The van der Waals surface area contributed by atoms with Crippen LogP contribution in [0.3, 0.4) is 0 Å². The van der Waals surface area contributed by atoms with Crippen molar-refractivity contribution < 1.29 is 0 Å². The highest BCUT2D eigenvalue weighted by Gasteiger charge is 2.22. The van der Waals surface area contributed by atoms with Crippen molar-refractivity contribution >= 4 is 11.2 Å². The van der Waals surface area contributed by atoms with E-state index in [9.17, 15) is 4.79 Å². The number of fused-ring (bicyclic) bond motifs is 1. The molecule has 3 aromatic rings. The largest absolute Gasteiger partial charge is 0.330 e. The van der Waals surface area contributed by atoms with Gasteiger partial charge in [-0.15, -0.1) is 0 Å². The molecule has 8 nitrogen and oxygen atoms in total. The summed E-state index contributed by atoms with van der Waals surface area (Å²) < 4.78 is 3.68. The van der Waals surface area contributed by atoms with E-state index in [-0.39, 0.29) is 5.69 Å². The Hall–Kier alpha value is -2.48. The fourth-order valence-electron chi connectivity index (χ4n) is 3.86. The molecular formula is C18H25N7O. The molecular weight excluding hydrogens is 330 g/mol. The Balaban J connectivity index is 1.39. The Kier molecular flexibility index (Phi) is 4.83. The zero-order valence-electron chi connectivity index (χ0n) is 15.2. The van der Waals surface area contributed by atoms with Gasteiger partial charge in [-0.1, -0.05) is 0 Å². The maximum Gasteiger partial charge on any atom is 0.330 e. The molecule has 0 aliphatic carbocycles. The molecule has 0 unspecified atom stereocenters. The van der Waals surface area contributed by atoms with E-state index in [0.29, 0.717) is 12.5 Å². The second kappa shape index (κ2) is 7.41. The van der Waals surface area contributed by atoms with Crippen LogP contribution in [0.5, 0.6) is 0 Å². The molecule has 0 spiro atoms. The molecule has 0 saturated carbocycles. The van der Waals surface area contributed by atoms with E-state index < -0.39 is 0 Å². The number of rotatable bonds is 6. The minimum Gasteiger partial charge on any atom is -0.301 e. The molecule has 0 radical (unpaired) electrons. The van der Waals surface area contributed by atoms with E-state index >= 15 is 0 Å². The van der Waals surface area contributed by atoms with Crippen LogP contribution in [0.1, 0.15) is 19.8 Å². The molecule has 3 aromatic heterocycles. The van der Waals surface area contributed by atoms with E-state index in [4.69, 9.17) is 0 Å². The van der Waals surface area contributed by atoms with Gasteiger partial charge in [-0.2, -0.15) is 15.0 Å². The summed E-state index contributed by atoms with van der Waals surface area (Å²) in [6, 6.07) is 3.88. The van der Waals surface area contributed by atoms with E-state index in [1.165, 1.54) is 0 Å². The first kappa shape index (κ1) is 17.0. The van der Waals surface area contributed by atoms with Gasteiger partial charge in [-0.3, -0.25) is 9.13 Å². The molecule has 0 N–H and O–H groups in total. The van der Waals surface area contributed by atoms with Crippen LogP contribution >= 0.6 is 0 Å². The number of aryl methyl sites for hydroxylation is 1. The van der Waals surface area contributed by atoms with Crippen molar-refractivity contribution in [2.75, 3.05) is 19.6 Å². The fourth-order valence-corrected chi connectivity index (χ4v) is 3.86. The molecule has 26 heavy (non-hydrogen) atoms. The number of nitrogens with zero attached hydrogens (tertiary/aromatic N) is 7. The average molecular weight is 355 g/mol.